The number of amides is 1. The third-order valence-electron chi connectivity index (χ3n) is 3.60. The lowest BCUT2D eigenvalue weighted by Crippen LogP contribution is -2.18. The van der Waals surface area contributed by atoms with Crippen molar-refractivity contribution in [1.82, 2.24) is 14.9 Å². The number of anilines is 1. The Labute approximate surface area is 153 Å². The second kappa shape index (κ2) is 6.95. The first kappa shape index (κ1) is 17.6. The molecule has 3 rings (SSSR count). The predicted octanol–water partition coefficient (Wildman–Crippen LogP) is 3.26. The fourth-order valence-corrected chi connectivity index (χ4v) is 3.82. The highest BCUT2D eigenvalue weighted by molar-refractivity contribution is 7.20. The smallest absolute Gasteiger partial charge is 0.266 e. The molecular formula is C17H17ClN4O2S. The van der Waals surface area contributed by atoms with Gasteiger partial charge in [0.1, 0.15) is 10.7 Å². The van der Waals surface area contributed by atoms with Gasteiger partial charge in [0.25, 0.3) is 11.5 Å². The highest BCUT2D eigenvalue weighted by Crippen LogP contribution is 2.28. The molecule has 8 heteroatoms. The van der Waals surface area contributed by atoms with Crippen LogP contribution in [0.25, 0.3) is 10.2 Å². The second-order valence-electron chi connectivity index (χ2n) is 5.95. The molecule has 0 unspecified atom stereocenters. The minimum Gasteiger partial charge on any atom is -0.321 e. The zero-order chi connectivity index (χ0) is 18.1. The molecule has 1 aromatic carbocycles. The van der Waals surface area contributed by atoms with Gasteiger partial charge in [-0.15, -0.1) is 11.3 Å². The Morgan fingerprint density at radius 3 is 2.84 bits per heavy atom. The predicted molar refractivity (Wildman–Crippen MR) is 102 cm³/mol. The van der Waals surface area contributed by atoms with Crippen LogP contribution in [0.3, 0.4) is 0 Å². The Morgan fingerprint density at radius 2 is 2.16 bits per heavy atom. The van der Waals surface area contributed by atoms with E-state index in [1.807, 2.05) is 19.0 Å². The number of fused-ring (bicyclic) bond motifs is 1. The highest BCUT2D eigenvalue weighted by Gasteiger charge is 2.19. The SMILES string of the molecule is Cc1c(C(=O)Nc2cccc(Cl)c2)sc2nc(CN(C)C)[nH]c(=O)c12. The van der Waals surface area contributed by atoms with E-state index in [-0.39, 0.29) is 11.5 Å². The number of hydrogen-bond donors (Lipinski definition) is 2. The number of benzene rings is 1. The Kier molecular flexibility index (Phi) is 4.89. The van der Waals surface area contributed by atoms with Crippen molar-refractivity contribution < 1.29 is 4.79 Å². The van der Waals surface area contributed by atoms with Crippen molar-refractivity contribution in [3.63, 3.8) is 0 Å². The first-order chi connectivity index (χ1) is 11.8. The largest absolute Gasteiger partial charge is 0.321 e. The van der Waals surface area contributed by atoms with Gasteiger partial charge in [-0.1, -0.05) is 17.7 Å². The second-order valence-corrected chi connectivity index (χ2v) is 7.39. The van der Waals surface area contributed by atoms with E-state index in [1.54, 1.807) is 31.2 Å². The van der Waals surface area contributed by atoms with Crippen molar-refractivity contribution in [2.24, 2.45) is 0 Å². The maximum absolute atomic E-state index is 12.6. The van der Waals surface area contributed by atoms with E-state index >= 15 is 0 Å². The molecule has 2 heterocycles. The van der Waals surface area contributed by atoms with Crippen molar-refractivity contribution >= 4 is 44.7 Å². The molecule has 0 fully saturated rings. The minimum atomic E-state index is -0.281. The zero-order valence-electron chi connectivity index (χ0n) is 14.0. The maximum Gasteiger partial charge on any atom is 0.266 e. The molecule has 0 aliphatic heterocycles. The summed E-state index contributed by atoms with van der Waals surface area (Å²) in [6.45, 7) is 2.28. The van der Waals surface area contributed by atoms with Crippen molar-refractivity contribution in [3.05, 3.63) is 55.9 Å². The van der Waals surface area contributed by atoms with E-state index in [9.17, 15) is 9.59 Å². The fourth-order valence-electron chi connectivity index (χ4n) is 2.53. The molecule has 2 aromatic heterocycles. The summed E-state index contributed by atoms with van der Waals surface area (Å²) in [5, 5.41) is 3.81. The highest BCUT2D eigenvalue weighted by atomic mass is 35.5. The first-order valence-corrected chi connectivity index (χ1v) is 8.78. The standard InChI is InChI=1S/C17H17ClN4O2S/c1-9-13-15(23)20-12(8-22(2)3)21-17(13)25-14(9)16(24)19-11-6-4-5-10(18)7-11/h4-7H,8H2,1-3H3,(H,19,24)(H,20,21,23). The lowest BCUT2D eigenvalue weighted by Gasteiger charge is -2.07. The van der Waals surface area contributed by atoms with E-state index in [1.165, 1.54) is 11.3 Å². The van der Waals surface area contributed by atoms with E-state index in [2.05, 4.69) is 15.3 Å². The number of aromatic nitrogens is 2. The van der Waals surface area contributed by atoms with Gasteiger partial charge in [-0.3, -0.25) is 9.59 Å². The quantitative estimate of drug-likeness (QED) is 0.732. The molecule has 0 spiro atoms. The summed E-state index contributed by atoms with van der Waals surface area (Å²) in [7, 11) is 3.79. The number of carbonyl (C=O) groups excluding carboxylic acids is 1. The molecule has 1 amide bonds. The summed E-state index contributed by atoms with van der Waals surface area (Å²) in [5.41, 5.74) is 1.01. The maximum atomic E-state index is 12.6. The molecule has 130 valence electrons. The Morgan fingerprint density at radius 1 is 1.40 bits per heavy atom. The number of nitrogens with one attached hydrogen (secondary N) is 2. The summed E-state index contributed by atoms with van der Waals surface area (Å²) in [4.78, 5) is 35.2. The average molecular weight is 377 g/mol. The van der Waals surface area contributed by atoms with Crippen LogP contribution >= 0.6 is 22.9 Å². The topological polar surface area (TPSA) is 78.1 Å². The van der Waals surface area contributed by atoms with Crippen LogP contribution < -0.4 is 10.9 Å². The van der Waals surface area contributed by atoms with E-state index in [0.29, 0.717) is 43.7 Å². The van der Waals surface area contributed by atoms with Crippen LogP contribution in [0, 0.1) is 6.92 Å². The normalized spacial score (nSPS) is 11.2. The van der Waals surface area contributed by atoms with E-state index in [0.717, 1.165) is 0 Å². The van der Waals surface area contributed by atoms with Gasteiger partial charge < -0.3 is 15.2 Å². The number of aryl methyl sites for hydroxylation is 1. The molecule has 3 aromatic rings. The van der Waals surface area contributed by atoms with Crippen LogP contribution in [0.1, 0.15) is 21.1 Å². The zero-order valence-corrected chi connectivity index (χ0v) is 15.6. The minimum absolute atomic E-state index is 0.225. The lowest BCUT2D eigenvalue weighted by molar-refractivity contribution is 0.103. The first-order valence-electron chi connectivity index (χ1n) is 7.59. The third kappa shape index (κ3) is 3.73. The molecule has 0 bridgehead atoms. The van der Waals surface area contributed by atoms with Crippen LogP contribution in [0.5, 0.6) is 0 Å². The van der Waals surface area contributed by atoms with Crippen molar-refractivity contribution in [3.8, 4) is 0 Å². The number of nitrogens with zero attached hydrogens (tertiary/aromatic N) is 2. The molecule has 0 radical (unpaired) electrons. The monoisotopic (exact) mass is 376 g/mol. The molecular weight excluding hydrogens is 360 g/mol. The van der Waals surface area contributed by atoms with Gasteiger partial charge in [0.05, 0.1) is 16.8 Å². The fraction of sp³-hybridized carbons (Fsp3) is 0.235. The van der Waals surface area contributed by atoms with Crippen LogP contribution in [0.2, 0.25) is 5.02 Å². The van der Waals surface area contributed by atoms with Gasteiger partial charge in [-0.05, 0) is 44.8 Å². The average Bonchev–Trinajstić information content (AvgIpc) is 2.84. The summed E-state index contributed by atoms with van der Waals surface area (Å²) in [6, 6.07) is 6.92. The van der Waals surface area contributed by atoms with Crippen LogP contribution in [0.4, 0.5) is 5.69 Å². The van der Waals surface area contributed by atoms with Crippen molar-refractivity contribution in [2.45, 2.75) is 13.5 Å². The molecule has 25 heavy (non-hydrogen) atoms. The van der Waals surface area contributed by atoms with Gasteiger partial charge in [0.15, 0.2) is 0 Å². The number of carbonyl (C=O) groups is 1. The molecule has 0 saturated carbocycles. The van der Waals surface area contributed by atoms with Crippen molar-refractivity contribution in [2.75, 3.05) is 19.4 Å². The van der Waals surface area contributed by atoms with Gasteiger partial charge in [-0.2, -0.15) is 0 Å². The Balaban J connectivity index is 1.99. The van der Waals surface area contributed by atoms with Crippen molar-refractivity contribution in [1.29, 1.82) is 0 Å². The summed E-state index contributed by atoms with van der Waals surface area (Å²) < 4.78 is 0. The number of thiophene rings is 1. The Bertz CT molecular complexity index is 1010. The number of H-pyrrole nitrogens is 1. The van der Waals surface area contributed by atoms with Gasteiger partial charge >= 0.3 is 0 Å². The number of rotatable bonds is 4. The molecule has 0 atom stereocenters. The van der Waals surface area contributed by atoms with E-state index < -0.39 is 0 Å². The van der Waals surface area contributed by atoms with Crippen LogP contribution in [-0.4, -0.2) is 34.9 Å². The molecule has 0 aliphatic carbocycles. The van der Waals surface area contributed by atoms with Gasteiger partial charge in [0.2, 0.25) is 0 Å². The molecule has 0 saturated heterocycles. The number of aromatic amines is 1. The summed E-state index contributed by atoms with van der Waals surface area (Å²) in [5.74, 6) is 0.293. The van der Waals surface area contributed by atoms with Gasteiger partial charge in [-0.25, -0.2) is 4.98 Å². The Hall–Kier alpha value is -2.22. The third-order valence-corrected chi connectivity index (χ3v) is 5.02. The van der Waals surface area contributed by atoms with E-state index in [4.69, 9.17) is 11.6 Å². The summed E-state index contributed by atoms with van der Waals surface area (Å²) in [6.07, 6.45) is 0. The lowest BCUT2D eigenvalue weighted by atomic mass is 10.2. The number of hydrogen-bond acceptors (Lipinski definition) is 5. The molecule has 6 nitrogen and oxygen atoms in total. The van der Waals surface area contributed by atoms with Crippen LogP contribution in [0.15, 0.2) is 29.1 Å². The summed E-state index contributed by atoms with van der Waals surface area (Å²) >= 11 is 7.16. The van der Waals surface area contributed by atoms with Crippen LogP contribution in [-0.2, 0) is 6.54 Å². The number of halogens is 1. The molecule has 2 N–H and O–H groups in total. The molecule has 0 aliphatic rings. The van der Waals surface area contributed by atoms with Gasteiger partial charge in [0, 0.05) is 10.7 Å².